The van der Waals surface area contributed by atoms with Crippen molar-refractivity contribution in [1.29, 1.82) is 0 Å². The first-order chi connectivity index (χ1) is 9.56. The van der Waals surface area contributed by atoms with Gasteiger partial charge in [0.05, 0.1) is 30.8 Å². The Morgan fingerprint density at radius 1 is 1.40 bits per heavy atom. The molecule has 0 unspecified atom stereocenters. The minimum atomic E-state index is -1.00. The number of imidazole rings is 1. The van der Waals surface area contributed by atoms with E-state index in [9.17, 15) is 9.59 Å². The molecule has 4 N–H and O–H groups in total. The Kier molecular flexibility index (Phi) is 4.31. The highest BCUT2D eigenvalue weighted by Crippen LogP contribution is 2.17. The van der Waals surface area contributed by atoms with Crippen LogP contribution in [0.25, 0.3) is 0 Å². The van der Waals surface area contributed by atoms with Gasteiger partial charge in [0.25, 0.3) is 0 Å². The lowest BCUT2D eigenvalue weighted by Gasteiger charge is -2.04. The molecule has 2 rings (SSSR count). The van der Waals surface area contributed by atoms with Gasteiger partial charge in [0.1, 0.15) is 9.88 Å². The van der Waals surface area contributed by atoms with Crippen molar-refractivity contribution >= 4 is 23.3 Å². The van der Waals surface area contributed by atoms with Gasteiger partial charge >= 0.3 is 12.0 Å². The Bertz CT molecular complexity index is 608. The second kappa shape index (κ2) is 6.15. The number of carbonyl (C=O) groups is 2. The monoisotopic (exact) mass is 295 g/mol. The number of H-pyrrole nitrogens is 1. The lowest BCUT2D eigenvalue weighted by atomic mass is 10.4. The summed E-state index contributed by atoms with van der Waals surface area (Å²) in [5.74, 6) is -1.00. The number of carboxylic acids is 1. The van der Waals surface area contributed by atoms with Gasteiger partial charge in [0, 0.05) is 6.20 Å². The van der Waals surface area contributed by atoms with Crippen LogP contribution in [0.4, 0.5) is 4.79 Å². The zero-order valence-corrected chi connectivity index (χ0v) is 11.5. The average molecular weight is 295 g/mol. The zero-order chi connectivity index (χ0) is 14.5. The van der Waals surface area contributed by atoms with Crippen LogP contribution in [0.2, 0.25) is 0 Å². The van der Waals surface area contributed by atoms with Crippen molar-refractivity contribution in [2.24, 2.45) is 0 Å². The molecule has 106 valence electrons. The summed E-state index contributed by atoms with van der Waals surface area (Å²) >= 11 is 1.06. The molecule has 2 heterocycles. The van der Waals surface area contributed by atoms with Crippen molar-refractivity contribution in [1.82, 2.24) is 25.6 Å². The van der Waals surface area contributed by atoms with Gasteiger partial charge in [0.15, 0.2) is 0 Å². The van der Waals surface area contributed by atoms with E-state index in [4.69, 9.17) is 5.11 Å². The van der Waals surface area contributed by atoms with Crippen LogP contribution >= 0.6 is 11.3 Å². The Hall–Kier alpha value is -2.42. The van der Waals surface area contributed by atoms with E-state index >= 15 is 0 Å². The number of aromatic amines is 1. The molecule has 2 aromatic rings. The summed E-state index contributed by atoms with van der Waals surface area (Å²) in [5.41, 5.74) is 1.25. The lowest BCUT2D eigenvalue weighted by Crippen LogP contribution is -2.34. The number of nitrogens with one attached hydrogen (secondary N) is 3. The molecule has 2 aromatic heterocycles. The number of nitrogens with zero attached hydrogens (tertiary/aromatic N) is 2. The third-order valence-corrected chi connectivity index (χ3v) is 3.57. The van der Waals surface area contributed by atoms with E-state index in [1.807, 2.05) is 0 Å². The van der Waals surface area contributed by atoms with E-state index in [-0.39, 0.29) is 17.5 Å². The van der Waals surface area contributed by atoms with Crippen LogP contribution in [0, 0.1) is 6.92 Å². The molecule has 0 atom stereocenters. The fourth-order valence-corrected chi connectivity index (χ4v) is 2.34. The van der Waals surface area contributed by atoms with Crippen LogP contribution in [0.5, 0.6) is 0 Å². The lowest BCUT2D eigenvalue weighted by molar-refractivity contribution is 0.0701. The standard InChI is InChI=1S/C11H13N5O3S/c1-6-9(10(17)18)20-8(16-6)4-14-11(19)13-3-7-2-12-5-15-7/h2,5H,3-4H2,1H3,(H,12,15)(H,17,18)(H2,13,14,19). The van der Waals surface area contributed by atoms with Crippen molar-refractivity contribution in [3.8, 4) is 0 Å². The molecule has 0 radical (unpaired) electrons. The van der Waals surface area contributed by atoms with Gasteiger partial charge in [-0.1, -0.05) is 0 Å². The smallest absolute Gasteiger partial charge is 0.347 e. The van der Waals surface area contributed by atoms with Crippen LogP contribution in [-0.4, -0.2) is 32.1 Å². The number of hydrogen-bond donors (Lipinski definition) is 4. The molecule has 0 bridgehead atoms. The highest BCUT2D eigenvalue weighted by atomic mass is 32.1. The molecular formula is C11H13N5O3S. The first kappa shape index (κ1) is 14.0. The minimum absolute atomic E-state index is 0.188. The molecule has 0 spiro atoms. The Labute approximate surface area is 118 Å². The van der Waals surface area contributed by atoms with Gasteiger partial charge in [-0.2, -0.15) is 0 Å². The molecule has 2 amide bonds. The predicted molar refractivity (Wildman–Crippen MR) is 71.5 cm³/mol. The number of carboxylic acid groups (broad SMARTS) is 1. The van der Waals surface area contributed by atoms with Crippen LogP contribution in [0.15, 0.2) is 12.5 Å². The molecular weight excluding hydrogens is 282 g/mol. The van der Waals surface area contributed by atoms with Gasteiger partial charge in [-0.05, 0) is 6.92 Å². The molecule has 0 fully saturated rings. The molecule has 0 saturated heterocycles. The summed E-state index contributed by atoms with van der Waals surface area (Å²) in [7, 11) is 0. The zero-order valence-electron chi connectivity index (χ0n) is 10.6. The molecule has 8 nitrogen and oxygen atoms in total. The summed E-state index contributed by atoms with van der Waals surface area (Å²) in [6, 6.07) is -0.357. The molecule has 20 heavy (non-hydrogen) atoms. The largest absolute Gasteiger partial charge is 0.477 e. The van der Waals surface area contributed by atoms with E-state index < -0.39 is 5.97 Å². The summed E-state index contributed by atoms with van der Waals surface area (Å²) < 4.78 is 0. The second-order valence-corrected chi connectivity index (χ2v) is 5.02. The van der Waals surface area contributed by atoms with Crippen molar-refractivity contribution < 1.29 is 14.7 Å². The van der Waals surface area contributed by atoms with E-state index in [0.717, 1.165) is 17.0 Å². The van der Waals surface area contributed by atoms with Gasteiger partial charge < -0.3 is 20.7 Å². The maximum atomic E-state index is 11.5. The first-order valence-electron chi connectivity index (χ1n) is 5.75. The van der Waals surface area contributed by atoms with Crippen molar-refractivity contribution in [3.05, 3.63) is 33.8 Å². The topological polar surface area (TPSA) is 120 Å². The normalized spacial score (nSPS) is 10.2. The number of carbonyl (C=O) groups excluding carboxylic acids is 1. The minimum Gasteiger partial charge on any atom is -0.477 e. The van der Waals surface area contributed by atoms with Gasteiger partial charge in [-0.3, -0.25) is 0 Å². The molecule has 0 saturated carbocycles. The van der Waals surface area contributed by atoms with E-state index in [1.165, 1.54) is 6.33 Å². The third-order valence-electron chi connectivity index (χ3n) is 2.43. The Balaban J connectivity index is 1.81. The van der Waals surface area contributed by atoms with Crippen LogP contribution < -0.4 is 10.6 Å². The quantitative estimate of drug-likeness (QED) is 0.652. The van der Waals surface area contributed by atoms with E-state index in [1.54, 1.807) is 13.1 Å². The SMILES string of the molecule is Cc1nc(CNC(=O)NCc2cnc[nH]2)sc1C(=O)O. The molecule has 0 aromatic carbocycles. The number of urea groups is 1. The van der Waals surface area contributed by atoms with Crippen molar-refractivity contribution in [3.63, 3.8) is 0 Å². The molecule has 0 aliphatic rings. The summed E-state index contributed by atoms with van der Waals surface area (Å²) in [5, 5.41) is 14.7. The van der Waals surface area contributed by atoms with E-state index in [2.05, 4.69) is 25.6 Å². The summed E-state index contributed by atoms with van der Waals surface area (Å²) in [6.07, 6.45) is 3.14. The summed E-state index contributed by atoms with van der Waals surface area (Å²) in [4.78, 5) is 33.4. The fraction of sp³-hybridized carbons (Fsp3) is 0.273. The summed E-state index contributed by atoms with van der Waals surface area (Å²) in [6.45, 7) is 2.15. The Morgan fingerprint density at radius 3 is 2.75 bits per heavy atom. The van der Waals surface area contributed by atoms with Crippen molar-refractivity contribution in [2.75, 3.05) is 0 Å². The van der Waals surface area contributed by atoms with Crippen molar-refractivity contribution in [2.45, 2.75) is 20.0 Å². The highest BCUT2D eigenvalue weighted by molar-refractivity contribution is 7.13. The number of aryl methyl sites for hydroxylation is 1. The first-order valence-corrected chi connectivity index (χ1v) is 6.56. The van der Waals surface area contributed by atoms with Gasteiger partial charge in [0.2, 0.25) is 0 Å². The molecule has 0 aliphatic carbocycles. The number of rotatable bonds is 5. The van der Waals surface area contributed by atoms with Gasteiger partial charge in [-0.25, -0.2) is 19.6 Å². The highest BCUT2D eigenvalue weighted by Gasteiger charge is 2.14. The average Bonchev–Trinajstić information content (AvgIpc) is 3.03. The molecule has 0 aliphatic heterocycles. The van der Waals surface area contributed by atoms with Gasteiger partial charge in [-0.15, -0.1) is 11.3 Å². The van der Waals surface area contributed by atoms with Crippen LogP contribution in [-0.2, 0) is 13.1 Å². The number of aromatic carboxylic acids is 1. The maximum absolute atomic E-state index is 11.5. The number of thiazole rings is 1. The number of hydrogen-bond acceptors (Lipinski definition) is 5. The molecule has 9 heteroatoms. The predicted octanol–water partition coefficient (Wildman–Crippen LogP) is 0.872. The maximum Gasteiger partial charge on any atom is 0.347 e. The van der Waals surface area contributed by atoms with Crippen LogP contribution in [0.1, 0.15) is 26.1 Å². The van der Waals surface area contributed by atoms with E-state index in [0.29, 0.717) is 17.2 Å². The second-order valence-electron chi connectivity index (χ2n) is 3.94. The fourth-order valence-electron chi connectivity index (χ4n) is 1.50. The Morgan fingerprint density at radius 2 is 2.15 bits per heavy atom. The third kappa shape index (κ3) is 3.54. The number of aromatic nitrogens is 3. The van der Waals surface area contributed by atoms with Crippen LogP contribution in [0.3, 0.4) is 0 Å². The number of amides is 2.